The Bertz CT molecular complexity index is 740. The normalized spacial score (nSPS) is 19.4. The molecular formula is C17H21N5O3. The van der Waals surface area contributed by atoms with Gasteiger partial charge in [-0.05, 0) is 31.5 Å². The van der Waals surface area contributed by atoms with E-state index in [9.17, 15) is 9.59 Å². The number of carbonyl (C=O) groups is 2. The van der Waals surface area contributed by atoms with Crippen molar-refractivity contribution in [1.82, 2.24) is 25.0 Å². The molecule has 25 heavy (non-hydrogen) atoms. The zero-order chi connectivity index (χ0) is 17.8. The molecule has 132 valence electrons. The number of nitrogens with one attached hydrogen (secondary N) is 1. The fraction of sp³-hybridized carbons (Fsp3) is 0.412. The van der Waals surface area contributed by atoms with Crippen LogP contribution < -0.4 is 5.32 Å². The Labute approximate surface area is 145 Å². The molecule has 1 heterocycles. The molecule has 0 saturated heterocycles. The number of benzene rings is 1. The standard InChI is InChI=1S/C17H21N5O3/c1-2-21(10-15(23)24)14-8-12(9-14)19-17(25)16-18-11-22(20-16)13-6-4-3-5-7-13/h3-7,11-12,14H,2,8-10H2,1H3,(H,19,25)(H,23,24). The maximum absolute atomic E-state index is 12.3. The van der Waals surface area contributed by atoms with Crippen molar-refractivity contribution in [3.63, 3.8) is 0 Å². The van der Waals surface area contributed by atoms with Gasteiger partial charge in [-0.3, -0.25) is 14.5 Å². The number of amides is 1. The smallest absolute Gasteiger partial charge is 0.317 e. The Kier molecular flexibility index (Phi) is 5.08. The van der Waals surface area contributed by atoms with Gasteiger partial charge in [0.2, 0.25) is 5.82 Å². The van der Waals surface area contributed by atoms with Gasteiger partial charge >= 0.3 is 5.97 Å². The lowest BCUT2D eigenvalue weighted by molar-refractivity contribution is -0.139. The van der Waals surface area contributed by atoms with Crippen LogP contribution in [0.1, 0.15) is 30.4 Å². The Morgan fingerprint density at radius 3 is 2.68 bits per heavy atom. The van der Waals surface area contributed by atoms with Gasteiger partial charge in [-0.2, -0.15) is 0 Å². The first kappa shape index (κ1) is 17.1. The average Bonchev–Trinajstić information content (AvgIpc) is 3.06. The van der Waals surface area contributed by atoms with Crippen molar-refractivity contribution in [2.24, 2.45) is 0 Å². The molecule has 2 aromatic rings. The van der Waals surface area contributed by atoms with Crippen LogP contribution in [0.3, 0.4) is 0 Å². The van der Waals surface area contributed by atoms with Crippen molar-refractivity contribution < 1.29 is 14.7 Å². The molecule has 2 N–H and O–H groups in total. The van der Waals surface area contributed by atoms with E-state index in [1.54, 1.807) is 4.68 Å². The van der Waals surface area contributed by atoms with Crippen LogP contribution >= 0.6 is 0 Å². The van der Waals surface area contributed by atoms with Crippen LogP contribution in [0.4, 0.5) is 0 Å². The van der Waals surface area contributed by atoms with Crippen molar-refractivity contribution >= 4 is 11.9 Å². The largest absolute Gasteiger partial charge is 0.480 e. The topological polar surface area (TPSA) is 100 Å². The second-order valence-corrected chi connectivity index (χ2v) is 6.10. The summed E-state index contributed by atoms with van der Waals surface area (Å²) in [7, 11) is 0. The Hall–Kier alpha value is -2.74. The number of likely N-dealkylation sites (N-methyl/N-ethyl adjacent to an activating group) is 1. The van der Waals surface area contributed by atoms with Gasteiger partial charge in [-0.15, -0.1) is 5.10 Å². The molecule has 0 bridgehead atoms. The first-order valence-corrected chi connectivity index (χ1v) is 8.30. The molecule has 0 aliphatic heterocycles. The maximum atomic E-state index is 12.3. The van der Waals surface area contributed by atoms with Gasteiger partial charge in [0.05, 0.1) is 12.2 Å². The van der Waals surface area contributed by atoms with Crippen LogP contribution in [0.25, 0.3) is 5.69 Å². The third-order valence-corrected chi connectivity index (χ3v) is 4.43. The number of carboxylic acid groups (broad SMARTS) is 1. The SMILES string of the molecule is CCN(CC(=O)O)C1CC(NC(=O)c2ncn(-c3ccccc3)n2)C1. The second kappa shape index (κ2) is 7.43. The van der Waals surface area contributed by atoms with Crippen LogP contribution in [0.5, 0.6) is 0 Å². The molecular weight excluding hydrogens is 322 g/mol. The van der Waals surface area contributed by atoms with Gasteiger partial charge in [0.15, 0.2) is 0 Å². The van der Waals surface area contributed by atoms with Crippen molar-refractivity contribution in [1.29, 1.82) is 0 Å². The molecule has 1 saturated carbocycles. The van der Waals surface area contributed by atoms with Gasteiger partial charge in [0.25, 0.3) is 5.91 Å². The van der Waals surface area contributed by atoms with Gasteiger partial charge in [0, 0.05) is 12.1 Å². The first-order valence-electron chi connectivity index (χ1n) is 8.30. The van der Waals surface area contributed by atoms with E-state index in [1.165, 1.54) is 6.33 Å². The van der Waals surface area contributed by atoms with Crippen LogP contribution in [-0.4, -0.2) is 61.8 Å². The lowest BCUT2D eigenvalue weighted by Crippen LogP contribution is -2.54. The highest BCUT2D eigenvalue weighted by atomic mass is 16.4. The fourth-order valence-corrected chi connectivity index (χ4v) is 3.00. The highest BCUT2D eigenvalue weighted by molar-refractivity contribution is 5.90. The molecule has 0 atom stereocenters. The maximum Gasteiger partial charge on any atom is 0.317 e. The van der Waals surface area contributed by atoms with E-state index in [1.807, 2.05) is 42.2 Å². The summed E-state index contributed by atoms with van der Waals surface area (Å²) >= 11 is 0. The predicted octanol–water partition coefficient (Wildman–Crippen LogP) is 0.935. The Morgan fingerprint density at radius 1 is 1.32 bits per heavy atom. The lowest BCUT2D eigenvalue weighted by Gasteiger charge is -2.42. The molecule has 1 aliphatic carbocycles. The van der Waals surface area contributed by atoms with Crippen LogP contribution in [0.15, 0.2) is 36.7 Å². The van der Waals surface area contributed by atoms with Gasteiger partial charge in [-0.1, -0.05) is 25.1 Å². The Balaban J connectivity index is 1.53. The summed E-state index contributed by atoms with van der Waals surface area (Å²) in [6.45, 7) is 2.65. The van der Waals surface area contributed by atoms with Crippen molar-refractivity contribution in [2.75, 3.05) is 13.1 Å². The molecule has 1 amide bonds. The number of rotatable bonds is 7. The Morgan fingerprint density at radius 2 is 2.04 bits per heavy atom. The van der Waals surface area contributed by atoms with E-state index < -0.39 is 5.97 Å². The number of aliphatic carboxylic acids is 1. The minimum atomic E-state index is -0.829. The van der Waals surface area contributed by atoms with E-state index >= 15 is 0 Å². The summed E-state index contributed by atoms with van der Waals surface area (Å²) in [6.07, 6.45) is 3.00. The van der Waals surface area contributed by atoms with Crippen molar-refractivity contribution in [3.05, 3.63) is 42.5 Å². The fourth-order valence-electron chi connectivity index (χ4n) is 3.00. The van der Waals surface area contributed by atoms with E-state index in [0.717, 1.165) is 18.5 Å². The molecule has 1 aromatic carbocycles. The lowest BCUT2D eigenvalue weighted by atomic mass is 9.85. The molecule has 1 fully saturated rings. The minimum absolute atomic E-state index is 0.0315. The molecule has 1 aromatic heterocycles. The van der Waals surface area contributed by atoms with Gasteiger partial charge in [0.1, 0.15) is 6.33 Å². The number of para-hydroxylation sites is 1. The van der Waals surface area contributed by atoms with E-state index in [2.05, 4.69) is 15.4 Å². The molecule has 8 heteroatoms. The van der Waals surface area contributed by atoms with Crippen LogP contribution in [0.2, 0.25) is 0 Å². The number of nitrogens with zero attached hydrogens (tertiary/aromatic N) is 4. The second-order valence-electron chi connectivity index (χ2n) is 6.10. The quantitative estimate of drug-likeness (QED) is 0.776. The molecule has 8 nitrogen and oxygen atoms in total. The van der Waals surface area contributed by atoms with Gasteiger partial charge < -0.3 is 10.4 Å². The number of carbonyl (C=O) groups excluding carboxylic acids is 1. The molecule has 0 unspecified atom stereocenters. The van der Waals surface area contributed by atoms with Crippen molar-refractivity contribution in [3.8, 4) is 5.69 Å². The average molecular weight is 343 g/mol. The summed E-state index contributed by atoms with van der Waals surface area (Å²) < 4.78 is 1.56. The number of carboxylic acids is 1. The number of hydrogen-bond donors (Lipinski definition) is 2. The van der Waals surface area contributed by atoms with E-state index in [0.29, 0.717) is 6.54 Å². The summed E-state index contributed by atoms with van der Waals surface area (Å²) in [5.74, 6) is -1.01. The monoisotopic (exact) mass is 343 g/mol. The van der Waals surface area contributed by atoms with Gasteiger partial charge in [-0.25, -0.2) is 9.67 Å². The number of aromatic nitrogens is 3. The third-order valence-electron chi connectivity index (χ3n) is 4.43. The highest BCUT2D eigenvalue weighted by Gasteiger charge is 2.35. The molecule has 0 spiro atoms. The van der Waals surface area contributed by atoms with E-state index in [4.69, 9.17) is 5.11 Å². The predicted molar refractivity (Wildman–Crippen MR) is 90.5 cm³/mol. The molecule has 1 aliphatic rings. The minimum Gasteiger partial charge on any atom is -0.480 e. The zero-order valence-electron chi connectivity index (χ0n) is 14.0. The van der Waals surface area contributed by atoms with Crippen LogP contribution in [0, 0.1) is 0 Å². The van der Waals surface area contributed by atoms with Crippen LogP contribution in [-0.2, 0) is 4.79 Å². The molecule has 3 rings (SSSR count). The highest BCUT2D eigenvalue weighted by Crippen LogP contribution is 2.25. The number of hydrogen-bond acceptors (Lipinski definition) is 5. The third kappa shape index (κ3) is 4.03. The van der Waals surface area contributed by atoms with Crippen molar-refractivity contribution in [2.45, 2.75) is 31.8 Å². The summed E-state index contributed by atoms with van der Waals surface area (Å²) in [5.41, 5.74) is 0.838. The van der Waals surface area contributed by atoms with E-state index in [-0.39, 0.29) is 30.4 Å². The zero-order valence-corrected chi connectivity index (χ0v) is 14.0. The first-order chi connectivity index (χ1) is 12.1. The summed E-state index contributed by atoms with van der Waals surface area (Å²) in [4.78, 5) is 29.1. The summed E-state index contributed by atoms with van der Waals surface area (Å²) in [5, 5.41) is 16.0. The summed E-state index contributed by atoms with van der Waals surface area (Å²) in [6, 6.07) is 9.68. The molecule has 0 radical (unpaired) electrons.